The first kappa shape index (κ1) is 14.7. The maximum absolute atomic E-state index is 11.3. The highest BCUT2D eigenvalue weighted by molar-refractivity contribution is 6.31. The van der Waals surface area contributed by atoms with Gasteiger partial charge >= 0.3 is 5.97 Å². The van der Waals surface area contributed by atoms with Crippen molar-refractivity contribution in [2.45, 2.75) is 50.2 Å². The fraction of sp³-hybridized carbons (Fsp3) is 0.562. The lowest BCUT2D eigenvalue weighted by atomic mass is 9.90. The van der Waals surface area contributed by atoms with Gasteiger partial charge in [-0.25, -0.2) is 4.79 Å². The van der Waals surface area contributed by atoms with Gasteiger partial charge in [-0.2, -0.15) is 0 Å². The molecule has 1 atom stereocenters. The molecule has 1 spiro atoms. The summed E-state index contributed by atoms with van der Waals surface area (Å²) in [5, 5.41) is 9.66. The summed E-state index contributed by atoms with van der Waals surface area (Å²) in [7, 11) is 0. The maximum atomic E-state index is 11.3. The fourth-order valence-corrected chi connectivity index (χ4v) is 3.57. The first-order valence-electron chi connectivity index (χ1n) is 7.41. The highest BCUT2D eigenvalue weighted by Crippen LogP contribution is 2.41. The summed E-state index contributed by atoms with van der Waals surface area (Å²) in [4.78, 5) is 11.3. The Kier molecular flexibility index (Phi) is 4.09. The Morgan fingerprint density at radius 1 is 1.38 bits per heavy atom. The van der Waals surface area contributed by atoms with E-state index in [0.29, 0.717) is 17.4 Å². The summed E-state index contributed by atoms with van der Waals surface area (Å²) in [5.74, 6) is -0.623. The highest BCUT2D eigenvalue weighted by atomic mass is 35.5. The molecule has 2 aliphatic rings. The van der Waals surface area contributed by atoms with Gasteiger partial charge in [0, 0.05) is 17.9 Å². The number of carbonyl (C=O) groups is 1. The Hall–Kier alpha value is -1.26. The van der Waals surface area contributed by atoms with Gasteiger partial charge in [0.15, 0.2) is 0 Å². The number of rotatable bonds is 3. The number of halogens is 1. The Bertz CT molecular complexity index is 537. The minimum Gasteiger partial charge on any atom is -0.489 e. The molecule has 4 nitrogen and oxygen atoms in total. The first-order valence-corrected chi connectivity index (χ1v) is 7.79. The van der Waals surface area contributed by atoms with Gasteiger partial charge in [0.25, 0.3) is 0 Å². The van der Waals surface area contributed by atoms with E-state index in [1.807, 2.05) is 0 Å². The molecule has 0 bridgehead atoms. The number of hydrogen-bond donors (Lipinski definition) is 1. The highest BCUT2D eigenvalue weighted by Gasteiger charge is 2.40. The standard InChI is InChI=1S/C16H19ClO4/c17-11-3-4-14(13(9-11)15(18)19)21-12-5-8-20-16(10-12)6-1-2-7-16/h3-4,9,12H,1-2,5-8,10H2,(H,18,19). The quantitative estimate of drug-likeness (QED) is 0.919. The van der Waals surface area contributed by atoms with Crippen LogP contribution in [0, 0.1) is 0 Å². The second-order valence-electron chi connectivity index (χ2n) is 5.92. The Morgan fingerprint density at radius 3 is 2.86 bits per heavy atom. The van der Waals surface area contributed by atoms with Gasteiger partial charge in [-0.05, 0) is 31.0 Å². The van der Waals surface area contributed by atoms with Crippen LogP contribution in [-0.2, 0) is 4.74 Å². The van der Waals surface area contributed by atoms with Crippen LogP contribution in [0.15, 0.2) is 18.2 Å². The Morgan fingerprint density at radius 2 is 2.14 bits per heavy atom. The molecule has 1 heterocycles. The summed E-state index contributed by atoms with van der Waals surface area (Å²) in [6.45, 7) is 0.681. The van der Waals surface area contributed by atoms with Crippen molar-refractivity contribution in [1.82, 2.24) is 0 Å². The number of hydrogen-bond acceptors (Lipinski definition) is 3. The molecule has 1 saturated heterocycles. The number of carboxylic acid groups (broad SMARTS) is 1. The second-order valence-corrected chi connectivity index (χ2v) is 6.35. The van der Waals surface area contributed by atoms with Gasteiger partial charge in [0.05, 0.1) is 12.2 Å². The van der Waals surface area contributed by atoms with E-state index < -0.39 is 5.97 Å². The summed E-state index contributed by atoms with van der Waals surface area (Å²) in [6, 6.07) is 4.74. The topological polar surface area (TPSA) is 55.8 Å². The molecule has 0 radical (unpaired) electrons. The predicted octanol–water partition coefficient (Wildman–Crippen LogP) is 3.91. The molecular formula is C16H19ClO4. The summed E-state index contributed by atoms with van der Waals surface area (Å²) >= 11 is 5.86. The molecule has 114 valence electrons. The third kappa shape index (κ3) is 3.16. The van der Waals surface area contributed by atoms with Gasteiger partial charge in [0.1, 0.15) is 17.4 Å². The third-order valence-corrected chi connectivity index (χ3v) is 4.66. The second kappa shape index (κ2) is 5.85. The molecule has 1 aromatic rings. The number of aromatic carboxylic acids is 1. The molecule has 3 rings (SSSR count). The predicted molar refractivity (Wildman–Crippen MR) is 79.2 cm³/mol. The van der Waals surface area contributed by atoms with Crippen molar-refractivity contribution in [3.8, 4) is 5.75 Å². The SMILES string of the molecule is O=C(O)c1cc(Cl)ccc1OC1CCOC2(CCCC2)C1. The van der Waals surface area contributed by atoms with Gasteiger partial charge < -0.3 is 14.6 Å². The number of carboxylic acids is 1. The van der Waals surface area contributed by atoms with Crippen LogP contribution in [0.25, 0.3) is 0 Å². The summed E-state index contributed by atoms with van der Waals surface area (Å²) in [5.41, 5.74) is 0.0769. The van der Waals surface area contributed by atoms with Crippen molar-refractivity contribution in [3.05, 3.63) is 28.8 Å². The lowest BCUT2D eigenvalue weighted by molar-refractivity contribution is -0.108. The largest absolute Gasteiger partial charge is 0.489 e. The molecule has 1 unspecified atom stereocenters. The van der Waals surface area contributed by atoms with Crippen LogP contribution >= 0.6 is 11.6 Å². The van der Waals surface area contributed by atoms with Crippen molar-refractivity contribution in [2.24, 2.45) is 0 Å². The van der Waals surface area contributed by atoms with Gasteiger partial charge in [0.2, 0.25) is 0 Å². The van der Waals surface area contributed by atoms with E-state index in [1.54, 1.807) is 12.1 Å². The number of benzene rings is 1. The van der Waals surface area contributed by atoms with Crippen molar-refractivity contribution < 1.29 is 19.4 Å². The van der Waals surface area contributed by atoms with E-state index in [0.717, 1.165) is 25.7 Å². The zero-order valence-electron chi connectivity index (χ0n) is 11.8. The van der Waals surface area contributed by atoms with Crippen LogP contribution < -0.4 is 4.74 Å². The smallest absolute Gasteiger partial charge is 0.339 e. The molecule has 1 aromatic carbocycles. The van der Waals surface area contributed by atoms with E-state index in [-0.39, 0.29) is 17.3 Å². The minimum atomic E-state index is -1.02. The first-order chi connectivity index (χ1) is 10.1. The molecule has 1 saturated carbocycles. The van der Waals surface area contributed by atoms with Crippen molar-refractivity contribution in [1.29, 1.82) is 0 Å². The van der Waals surface area contributed by atoms with Gasteiger partial charge in [-0.1, -0.05) is 24.4 Å². The van der Waals surface area contributed by atoms with E-state index in [2.05, 4.69) is 0 Å². The van der Waals surface area contributed by atoms with E-state index in [4.69, 9.17) is 21.1 Å². The van der Waals surface area contributed by atoms with Crippen molar-refractivity contribution >= 4 is 17.6 Å². The minimum absolute atomic E-state index is 0.0103. The normalized spacial score (nSPS) is 24.1. The van der Waals surface area contributed by atoms with Gasteiger partial charge in [-0.15, -0.1) is 0 Å². The molecule has 0 aromatic heterocycles. The molecule has 0 amide bonds. The lowest BCUT2D eigenvalue weighted by Crippen LogP contribution is -2.41. The van der Waals surface area contributed by atoms with E-state index in [1.165, 1.54) is 18.9 Å². The summed E-state index contributed by atoms with van der Waals surface area (Å²) < 4.78 is 11.9. The summed E-state index contributed by atoms with van der Waals surface area (Å²) in [6.07, 6.45) is 6.22. The Labute approximate surface area is 129 Å². The maximum Gasteiger partial charge on any atom is 0.339 e. The Balaban J connectivity index is 1.75. The molecule has 1 aliphatic heterocycles. The van der Waals surface area contributed by atoms with Crippen molar-refractivity contribution in [3.63, 3.8) is 0 Å². The zero-order valence-corrected chi connectivity index (χ0v) is 12.6. The van der Waals surface area contributed by atoms with Crippen LogP contribution in [0.4, 0.5) is 0 Å². The van der Waals surface area contributed by atoms with Crippen LogP contribution in [0.2, 0.25) is 5.02 Å². The average Bonchev–Trinajstić information content (AvgIpc) is 2.88. The molecule has 1 aliphatic carbocycles. The van der Waals surface area contributed by atoms with Gasteiger partial charge in [-0.3, -0.25) is 0 Å². The van der Waals surface area contributed by atoms with Crippen LogP contribution in [0.1, 0.15) is 48.9 Å². The molecule has 2 fully saturated rings. The van der Waals surface area contributed by atoms with Crippen LogP contribution in [-0.4, -0.2) is 29.4 Å². The zero-order chi connectivity index (χ0) is 14.9. The number of ether oxygens (including phenoxy) is 2. The van der Waals surface area contributed by atoms with E-state index >= 15 is 0 Å². The molecular weight excluding hydrogens is 292 g/mol. The van der Waals surface area contributed by atoms with Crippen molar-refractivity contribution in [2.75, 3.05) is 6.61 Å². The van der Waals surface area contributed by atoms with E-state index in [9.17, 15) is 9.90 Å². The fourth-order valence-electron chi connectivity index (χ4n) is 3.40. The lowest BCUT2D eigenvalue weighted by Gasteiger charge is -2.38. The average molecular weight is 311 g/mol. The molecule has 21 heavy (non-hydrogen) atoms. The molecule has 1 N–H and O–H groups in total. The molecule has 5 heteroatoms. The van der Waals surface area contributed by atoms with Crippen LogP contribution in [0.3, 0.4) is 0 Å². The third-order valence-electron chi connectivity index (χ3n) is 4.43. The monoisotopic (exact) mass is 310 g/mol. The van der Waals surface area contributed by atoms with Crippen LogP contribution in [0.5, 0.6) is 5.75 Å².